The predicted molar refractivity (Wildman–Crippen MR) is 129 cm³/mol. The maximum Gasteiger partial charge on any atom is 0.286 e. The standard InChI is InChI=1S/C26H24F4N6O/c1-3-34-23(37)20-22(36-14-26(9-4-10-26)33-24(34)36)35(13-16-5-7-17(27)11-18(16)28)21(32-20)15-6-8-19(31-12-15)25(2,29)30/h5-8,11-12H,3-4,9-10,13-14H2,1-2H3. The number of nitrogens with zero attached hydrogens (tertiary/aromatic N) is 6. The number of rotatable bonds is 5. The Hall–Kier alpha value is -3.76. The van der Waals surface area contributed by atoms with E-state index in [-0.39, 0.29) is 35.1 Å². The summed E-state index contributed by atoms with van der Waals surface area (Å²) < 4.78 is 57.6. The highest BCUT2D eigenvalue weighted by Crippen LogP contribution is 2.45. The van der Waals surface area contributed by atoms with Gasteiger partial charge in [-0.1, -0.05) is 6.07 Å². The molecule has 6 rings (SSSR count). The zero-order chi connectivity index (χ0) is 26.1. The highest BCUT2D eigenvalue weighted by Gasteiger charge is 2.51. The number of guanidine groups is 1. The number of imidazole rings is 1. The van der Waals surface area contributed by atoms with Crippen LogP contribution in [0.1, 0.15) is 54.9 Å². The Kier molecular flexibility index (Phi) is 5.19. The number of alkyl halides is 2. The highest BCUT2D eigenvalue weighted by molar-refractivity contribution is 6.18. The van der Waals surface area contributed by atoms with Crippen molar-refractivity contribution >= 4 is 17.7 Å². The molecule has 1 saturated carbocycles. The fourth-order valence-corrected chi connectivity index (χ4v) is 5.24. The second-order valence-corrected chi connectivity index (χ2v) is 9.88. The summed E-state index contributed by atoms with van der Waals surface area (Å²) in [5.41, 5.74) is 0.0554. The maximum atomic E-state index is 14.8. The van der Waals surface area contributed by atoms with Gasteiger partial charge < -0.3 is 4.57 Å². The SMILES string of the molecule is CCN1C(=O)c2nc(-c3ccc(C(C)(F)F)nc3)n(Cc3ccc(F)cc3F)c2N2CC3(CCC3)N=C12. The molecule has 192 valence electrons. The first-order chi connectivity index (χ1) is 17.6. The van der Waals surface area contributed by atoms with Gasteiger partial charge in [0.2, 0.25) is 5.96 Å². The number of pyridine rings is 1. The van der Waals surface area contributed by atoms with E-state index in [1.54, 1.807) is 9.47 Å². The molecule has 0 saturated heterocycles. The number of carbonyl (C=O) groups excluding carboxylic acids is 1. The van der Waals surface area contributed by atoms with Crippen molar-refractivity contribution in [2.75, 3.05) is 18.0 Å². The summed E-state index contributed by atoms with van der Waals surface area (Å²) in [5.74, 6) is -3.65. The maximum absolute atomic E-state index is 14.8. The van der Waals surface area contributed by atoms with E-state index in [4.69, 9.17) is 4.99 Å². The molecule has 3 aromatic rings. The summed E-state index contributed by atoms with van der Waals surface area (Å²) in [6, 6.07) is 5.97. The van der Waals surface area contributed by atoms with Gasteiger partial charge in [0.05, 0.1) is 18.6 Å². The molecular formula is C26H24F4N6O. The second-order valence-electron chi connectivity index (χ2n) is 9.88. The van der Waals surface area contributed by atoms with Gasteiger partial charge in [-0.25, -0.2) is 18.8 Å². The Balaban J connectivity index is 1.54. The molecule has 0 radical (unpaired) electrons. The number of amides is 1. The van der Waals surface area contributed by atoms with E-state index in [1.165, 1.54) is 24.4 Å². The zero-order valence-electron chi connectivity index (χ0n) is 20.3. The van der Waals surface area contributed by atoms with Gasteiger partial charge in [-0.3, -0.25) is 19.6 Å². The summed E-state index contributed by atoms with van der Waals surface area (Å²) in [5, 5.41) is 0. The smallest absolute Gasteiger partial charge is 0.286 e. The van der Waals surface area contributed by atoms with Gasteiger partial charge in [0.15, 0.2) is 5.69 Å². The van der Waals surface area contributed by atoms with E-state index in [0.29, 0.717) is 30.4 Å². The number of carbonyl (C=O) groups is 1. The Labute approximate surface area is 210 Å². The number of hydrogen-bond donors (Lipinski definition) is 0. The molecule has 1 spiro atoms. The molecular weight excluding hydrogens is 488 g/mol. The van der Waals surface area contributed by atoms with Crippen LogP contribution in [0.25, 0.3) is 11.4 Å². The van der Waals surface area contributed by atoms with Crippen LogP contribution in [0, 0.1) is 11.6 Å². The largest absolute Gasteiger partial charge is 0.305 e. The van der Waals surface area contributed by atoms with E-state index in [1.807, 2.05) is 11.8 Å². The minimum absolute atomic E-state index is 0.0638. The quantitative estimate of drug-likeness (QED) is 0.454. The average molecular weight is 513 g/mol. The minimum atomic E-state index is -3.12. The Morgan fingerprint density at radius 2 is 1.92 bits per heavy atom. The molecule has 0 bridgehead atoms. The molecule has 1 amide bonds. The number of halogens is 4. The summed E-state index contributed by atoms with van der Waals surface area (Å²) in [6.45, 7) is 3.49. The number of hydrogen-bond acceptors (Lipinski definition) is 5. The molecule has 37 heavy (non-hydrogen) atoms. The molecule has 1 aromatic carbocycles. The summed E-state index contributed by atoms with van der Waals surface area (Å²) in [6.07, 6.45) is 4.12. The third-order valence-electron chi connectivity index (χ3n) is 7.33. The molecule has 0 N–H and O–H groups in total. The number of aliphatic imine (C=N–C) groups is 1. The van der Waals surface area contributed by atoms with Crippen molar-refractivity contribution in [1.82, 2.24) is 19.4 Å². The topological polar surface area (TPSA) is 66.6 Å². The molecule has 1 aliphatic carbocycles. The van der Waals surface area contributed by atoms with Gasteiger partial charge in [-0.2, -0.15) is 8.78 Å². The van der Waals surface area contributed by atoms with E-state index in [9.17, 15) is 22.4 Å². The van der Waals surface area contributed by atoms with Crippen molar-refractivity contribution < 1.29 is 22.4 Å². The number of anilines is 1. The third kappa shape index (κ3) is 3.70. The molecule has 11 heteroatoms. The molecule has 1 fully saturated rings. The molecule has 2 aliphatic heterocycles. The predicted octanol–water partition coefficient (Wildman–Crippen LogP) is 4.96. The van der Waals surface area contributed by atoms with Crippen LogP contribution in [0.2, 0.25) is 0 Å². The lowest BCUT2D eigenvalue weighted by atomic mass is 9.78. The fourth-order valence-electron chi connectivity index (χ4n) is 5.24. The van der Waals surface area contributed by atoms with E-state index < -0.39 is 23.3 Å². The minimum Gasteiger partial charge on any atom is -0.305 e. The van der Waals surface area contributed by atoms with Crippen LogP contribution in [0.4, 0.5) is 23.4 Å². The summed E-state index contributed by atoms with van der Waals surface area (Å²) >= 11 is 0. The Morgan fingerprint density at radius 1 is 1.14 bits per heavy atom. The van der Waals surface area contributed by atoms with Gasteiger partial charge in [-0.05, 0) is 44.4 Å². The van der Waals surface area contributed by atoms with Crippen LogP contribution < -0.4 is 4.90 Å². The van der Waals surface area contributed by atoms with Crippen molar-refractivity contribution in [1.29, 1.82) is 0 Å². The second kappa shape index (κ2) is 8.12. The first-order valence-electron chi connectivity index (χ1n) is 12.2. The summed E-state index contributed by atoms with van der Waals surface area (Å²) in [4.78, 5) is 30.6. The van der Waals surface area contributed by atoms with Crippen LogP contribution >= 0.6 is 0 Å². The lowest BCUT2D eigenvalue weighted by Crippen LogP contribution is -2.51. The van der Waals surface area contributed by atoms with E-state index in [0.717, 1.165) is 38.3 Å². The van der Waals surface area contributed by atoms with Gasteiger partial charge in [-0.15, -0.1) is 0 Å². The van der Waals surface area contributed by atoms with Crippen molar-refractivity contribution in [3.05, 3.63) is 65.1 Å². The number of aromatic nitrogens is 3. The van der Waals surface area contributed by atoms with Crippen LogP contribution in [0.5, 0.6) is 0 Å². The third-order valence-corrected chi connectivity index (χ3v) is 7.33. The normalized spacial score (nSPS) is 18.1. The Morgan fingerprint density at radius 3 is 2.51 bits per heavy atom. The van der Waals surface area contributed by atoms with Crippen LogP contribution in [0.3, 0.4) is 0 Å². The first kappa shape index (κ1) is 23.6. The van der Waals surface area contributed by atoms with Gasteiger partial charge >= 0.3 is 0 Å². The molecule has 0 atom stereocenters. The monoisotopic (exact) mass is 512 g/mol. The average Bonchev–Trinajstić information content (AvgIpc) is 3.41. The Bertz CT molecular complexity index is 1440. The molecule has 4 heterocycles. The van der Waals surface area contributed by atoms with Crippen molar-refractivity contribution in [2.24, 2.45) is 4.99 Å². The van der Waals surface area contributed by atoms with Crippen molar-refractivity contribution in [3.8, 4) is 11.4 Å². The molecule has 7 nitrogen and oxygen atoms in total. The zero-order valence-corrected chi connectivity index (χ0v) is 20.3. The van der Waals surface area contributed by atoms with Crippen LogP contribution in [0.15, 0.2) is 41.5 Å². The van der Waals surface area contributed by atoms with Gasteiger partial charge in [0, 0.05) is 36.9 Å². The molecule has 3 aliphatic rings. The number of benzene rings is 1. The molecule has 2 aromatic heterocycles. The molecule has 0 unspecified atom stereocenters. The van der Waals surface area contributed by atoms with E-state index in [2.05, 4.69) is 9.97 Å². The first-order valence-corrected chi connectivity index (χ1v) is 12.2. The van der Waals surface area contributed by atoms with Crippen LogP contribution in [-0.4, -0.2) is 49.9 Å². The lowest BCUT2D eigenvalue weighted by molar-refractivity contribution is 0.0128. The number of fused-ring (bicyclic) bond motifs is 3. The lowest BCUT2D eigenvalue weighted by Gasteiger charge is -2.37. The van der Waals surface area contributed by atoms with Crippen LogP contribution in [-0.2, 0) is 12.5 Å². The summed E-state index contributed by atoms with van der Waals surface area (Å²) in [7, 11) is 0. The van der Waals surface area contributed by atoms with E-state index >= 15 is 0 Å². The highest BCUT2D eigenvalue weighted by atomic mass is 19.3. The van der Waals surface area contributed by atoms with Gasteiger partial charge in [0.25, 0.3) is 11.8 Å². The van der Waals surface area contributed by atoms with Gasteiger partial charge in [0.1, 0.15) is 29.0 Å². The fraction of sp³-hybridized carbons (Fsp3) is 0.385. The van der Waals surface area contributed by atoms with Crippen molar-refractivity contribution in [2.45, 2.75) is 51.1 Å². The van der Waals surface area contributed by atoms with Crippen molar-refractivity contribution in [3.63, 3.8) is 0 Å².